The van der Waals surface area contributed by atoms with E-state index in [1.807, 2.05) is 0 Å². The first-order chi connectivity index (χ1) is 12.1. The predicted octanol–water partition coefficient (Wildman–Crippen LogP) is 4.40. The molecular formula is C18H15F3N2O2S. The Hall–Kier alpha value is -2.61. The molecule has 2 aromatic carbocycles. The van der Waals surface area contributed by atoms with Crippen molar-refractivity contribution in [2.45, 2.75) is 17.7 Å². The number of benzene rings is 2. The molecule has 8 heteroatoms. The molecule has 4 nitrogen and oxygen atoms in total. The smallest absolute Gasteiger partial charge is 0.271 e. The minimum absolute atomic E-state index is 0.00575. The van der Waals surface area contributed by atoms with Crippen LogP contribution in [0.15, 0.2) is 53.7 Å². The Morgan fingerprint density at radius 3 is 2.23 bits per heavy atom. The van der Waals surface area contributed by atoms with E-state index in [0.717, 1.165) is 31.4 Å². The molecule has 3 rings (SSSR count). The van der Waals surface area contributed by atoms with Gasteiger partial charge in [-0.15, -0.1) is 0 Å². The van der Waals surface area contributed by atoms with Crippen LogP contribution < -0.4 is 0 Å². The summed E-state index contributed by atoms with van der Waals surface area (Å²) in [6.45, 7) is 0.726. The molecule has 1 heterocycles. The molecule has 0 unspecified atom stereocenters. The first-order valence-electron chi connectivity index (χ1n) is 7.59. The van der Waals surface area contributed by atoms with Crippen molar-refractivity contribution in [2.24, 2.45) is 0 Å². The van der Waals surface area contributed by atoms with Crippen molar-refractivity contribution in [1.29, 1.82) is 0 Å². The normalized spacial score (nSPS) is 12.3. The molecule has 26 heavy (non-hydrogen) atoms. The third-order valence-corrected chi connectivity index (χ3v) is 5.04. The van der Waals surface area contributed by atoms with Gasteiger partial charge in [0.25, 0.3) is 5.92 Å². The van der Waals surface area contributed by atoms with Crippen LogP contribution in [-0.4, -0.2) is 24.6 Å². The van der Waals surface area contributed by atoms with Gasteiger partial charge >= 0.3 is 0 Å². The van der Waals surface area contributed by atoms with E-state index < -0.39 is 21.6 Å². The molecule has 0 spiro atoms. The lowest BCUT2D eigenvalue weighted by molar-refractivity contribution is 0.0180. The zero-order valence-electron chi connectivity index (χ0n) is 13.9. The number of H-pyrrole nitrogens is 1. The molecule has 3 aromatic rings. The van der Waals surface area contributed by atoms with Crippen LogP contribution in [0, 0.1) is 5.82 Å². The Morgan fingerprint density at radius 2 is 1.73 bits per heavy atom. The second kappa shape index (κ2) is 6.28. The highest BCUT2D eigenvalue weighted by atomic mass is 32.2. The third kappa shape index (κ3) is 3.50. The van der Waals surface area contributed by atoms with Crippen LogP contribution in [0.3, 0.4) is 0 Å². The van der Waals surface area contributed by atoms with Crippen molar-refractivity contribution in [2.75, 3.05) is 6.26 Å². The van der Waals surface area contributed by atoms with E-state index in [1.54, 1.807) is 0 Å². The largest absolute Gasteiger partial charge is 0.345 e. The summed E-state index contributed by atoms with van der Waals surface area (Å²) in [5.41, 5.74) is 0.0237. The number of rotatable bonds is 4. The van der Waals surface area contributed by atoms with E-state index >= 15 is 0 Å². The van der Waals surface area contributed by atoms with Gasteiger partial charge in [0.2, 0.25) is 0 Å². The molecule has 0 atom stereocenters. The highest BCUT2D eigenvalue weighted by Gasteiger charge is 2.32. The van der Waals surface area contributed by atoms with Crippen LogP contribution >= 0.6 is 0 Å². The minimum Gasteiger partial charge on any atom is -0.345 e. The molecule has 0 amide bonds. The van der Waals surface area contributed by atoms with Gasteiger partial charge in [0.15, 0.2) is 9.84 Å². The average molecular weight is 380 g/mol. The van der Waals surface area contributed by atoms with Gasteiger partial charge in [0.05, 0.1) is 4.90 Å². The maximum atomic E-state index is 14.2. The number of hydrogen-bond donors (Lipinski definition) is 1. The number of nitrogens with one attached hydrogen (secondary N) is 1. The zero-order chi connectivity index (χ0) is 19.1. The fourth-order valence-corrected chi connectivity index (χ4v) is 3.62. The maximum Gasteiger partial charge on any atom is 0.271 e. The number of imidazole rings is 1. The van der Waals surface area contributed by atoms with Crippen LogP contribution in [0.4, 0.5) is 13.2 Å². The van der Waals surface area contributed by atoms with E-state index in [2.05, 4.69) is 9.97 Å². The SMILES string of the molecule is CC(F)(F)c1cc(-c2ccc(F)cc2)c(S(C)(=O)=O)cc1-c1ncc[nH]1. The first-order valence-corrected chi connectivity index (χ1v) is 9.48. The van der Waals surface area contributed by atoms with E-state index in [9.17, 15) is 21.6 Å². The standard InChI is InChI=1S/C18H15F3N2O2S/c1-18(20,21)15-9-13(11-3-5-12(19)6-4-11)16(26(2,24)25)10-14(15)17-22-7-8-23-17/h3-10H,1-2H3,(H,22,23). The molecule has 136 valence electrons. The van der Waals surface area contributed by atoms with Gasteiger partial charge in [-0.3, -0.25) is 0 Å². The maximum absolute atomic E-state index is 14.2. The number of sulfone groups is 1. The summed E-state index contributed by atoms with van der Waals surface area (Å²) in [4.78, 5) is 6.55. The van der Waals surface area contributed by atoms with Crippen molar-refractivity contribution in [3.8, 4) is 22.5 Å². The molecule has 0 aliphatic carbocycles. The lowest BCUT2D eigenvalue weighted by atomic mass is 9.95. The van der Waals surface area contributed by atoms with Crippen LogP contribution in [0.5, 0.6) is 0 Å². The minimum atomic E-state index is -3.75. The van der Waals surface area contributed by atoms with Crippen molar-refractivity contribution in [3.63, 3.8) is 0 Å². The molecule has 0 aliphatic heterocycles. The lowest BCUT2D eigenvalue weighted by Gasteiger charge is -2.19. The van der Waals surface area contributed by atoms with Crippen molar-refractivity contribution >= 4 is 9.84 Å². The molecule has 0 saturated carbocycles. The van der Waals surface area contributed by atoms with Gasteiger partial charge in [-0.2, -0.15) is 0 Å². The zero-order valence-corrected chi connectivity index (χ0v) is 14.7. The monoisotopic (exact) mass is 380 g/mol. The molecule has 0 bridgehead atoms. The molecule has 0 aliphatic rings. The van der Waals surface area contributed by atoms with Gasteiger partial charge in [-0.1, -0.05) is 12.1 Å². The van der Waals surface area contributed by atoms with E-state index in [1.165, 1.54) is 30.6 Å². The second-order valence-electron chi connectivity index (χ2n) is 6.00. The summed E-state index contributed by atoms with van der Waals surface area (Å²) in [5.74, 6) is -3.62. The summed E-state index contributed by atoms with van der Waals surface area (Å²) in [6, 6.07) is 7.30. The molecule has 0 saturated heterocycles. The fourth-order valence-electron chi connectivity index (χ4n) is 2.71. The quantitative estimate of drug-likeness (QED) is 0.730. The van der Waals surface area contributed by atoms with Crippen LogP contribution in [0.25, 0.3) is 22.5 Å². The van der Waals surface area contributed by atoms with Crippen LogP contribution in [0.1, 0.15) is 12.5 Å². The van der Waals surface area contributed by atoms with Gasteiger partial charge in [0.1, 0.15) is 11.6 Å². The number of aromatic nitrogens is 2. The number of aromatic amines is 1. The van der Waals surface area contributed by atoms with Gasteiger partial charge in [-0.05, 0) is 29.8 Å². The topological polar surface area (TPSA) is 62.8 Å². The van der Waals surface area contributed by atoms with Crippen molar-refractivity contribution in [3.05, 3.63) is 60.2 Å². The summed E-state index contributed by atoms with van der Waals surface area (Å²) < 4.78 is 66.3. The van der Waals surface area contributed by atoms with Gasteiger partial charge < -0.3 is 4.98 Å². The molecular weight excluding hydrogens is 365 g/mol. The number of nitrogens with zero attached hydrogens (tertiary/aromatic N) is 1. The van der Waals surface area contributed by atoms with E-state index in [-0.39, 0.29) is 27.4 Å². The van der Waals surface area contributed by atoms with Gasteiger partial charge in [-0.25, -0.2) is 26.6 Å². The predicted molar refractivity (Wildman–Crippen MR) is 92.1 cm³/mol. The fraction of sp³-hybridized carbons (Fsp3) is 0.167. The number of alkyl halides is 2. The molecule has 1 aromatic heterocycles. The molecule has 0 fully saturated rings. The Labute approximate surface area is 148 Å². The average Bonchev–Trinajstić information content (AvgIpc) is 3.07. The van der Waals surface area contributed by atoms with E-state index in [4.69, 9.17) is 0 Å². The van der Waals surface area contributed by atoms with Crippen LogP contribution in [0.2, 0.25) is 0 Å². The third-order valence-electron chi connectivity index (χ3n) is 3.90. The lowest BCUT2D eigenvalue weighted by Crippen LogP contribution is -2.12. The Balaban J connectivity index is 2.39. The summed E-state index contributed by atoms with van der Waals surface area (Å²) >= 11 is 0. The Morgan fingerprint density at radius 1 is 1.08 bits per heavy atom. The highest BCUT2D eigenvalue weighted by Crippen LogP contribution is 2.40. The second-order valence-corrected chi connectivity index (χ2v) is 7.98. The number of halogens is 3. The molecule has 0 radical (unpaired) electrons. The summed E-state index contributed by atoms with van der Waals surface area (Å²) in [6.07, 6.45) is 3.84. The summed E-state index contributed by atoms with van der Waals surface area (Å²) in [5, 5.41) is 0. The van der Waals surface area contributed by atoms with Crippen LogP contribution in [-0.2, 0) is 15.8 Å². The number of hydrogen-bond acceptors (Lipinski definition) is 3. The van der Waals surface area contributed by atoms with Crippen molar-refractivity contribution < 1.29 is 21.6 Å². The van der Waals surface area contributed by atoms with Gasteiger partial charge in [0, 0.05) is 42.3 Å². The first kappa shape index (κ1) is 18.2. The van der Waals surface area contributed by atoms with Crippen molar-refractivity contribution in [1.82, 2.24) is 9.97 Å². The summed E-state index contributed by atoms with van der Waals surface area (Å²) in [7, 11) is -3.75. The van der Waals surface area contributed by atoms with E-state index in [0.29, 0.717) is 5.56 Å². The molecule has 1 N–H and O–H groups in total. The Kier molecular flexibility index (Phi) is 4.39. The Bertz CT molecular complexity index is 1040. The highest BCUT2D eigenvalue weighted by molar-refractivity contribution is 7.90.